The molecule has 0 aliphatic carbocycles. The summed E-state index contributed by atoms with van der Waals surface area (Å²) < 4.78 is 4.77. The van der Waals surface area contributed by atoms with Gasteiger partial charge < -0.3 is 4.52 Å². The molecule has 0 atom stereocenters. The van der Waals surface area contributed by atoms with Crippen LogP contribution in [-0.2, 0) is 0 Å². The Morgan fingerprint density at radius 3 is 3.44 bits per heavy atom. The highest BCUT2D eigenvalue weighted by Gasteiger charge is 1.93. The SMILES string of the molecule is [c]1noc2ccncc12. The van der Waals surface area contributed by atoms with E-state index < -0.39 is 0 Å². The number of fused-ring (bicyclic) bond motifs is 1. The van der Waals surface area contributed by atoms with E-state index in [-0.39, 0.29) is 0 Å². The van der Waals surface area contributed by atoms with Gasteiger partial charge in [0.1, 0.15) is 6.20 Å². The van der Waals surface area contributed by atoms with E-state index in [1.165, 1.54) is 0 Å². The summed E-state index contributed by atoms with van der Waals surface area (Å²) in [5, 5.41) is 4.28. The minimum Gasteiger partial charge on any atom is -0.355 e. The summed E-state index contributed by atoms with van der Waals surface area (Å²) in [5.74, 6) is 0. The third kappa shape index (κ3) is 0.579. The summed E-state index contributed by atoms with van der Waals surface area (Å²) in [6, 6.07) is 1.75. The standard InChI is InChI=1S/C6H3N2O/c1-2-7-3-5-4-8-9-6(1)5/h1-3H. The number of hydrogen-bond donors (Lipinski definition) is 0. The van der Waals surface area contributed by atoms with Crippen LogP contribution in [0.25, 0.3) is 11.0 Å². The Labute approximate surface area is 51.3 Å². The predicted molar refractivity (Wildman–Crippen MR) is 30.6 cm³/mol. The maximum absolute atomic E-state index is 4.77. The van der Waals surface area contributed by atoms with Crippen LogP contribution in [0.15, 0.2) is 23.0 Å². The molecule has 0 fully saturated rings. The van der Waals surface area contributed by atoms with Crippen LogP contribution in [-0.4, -0.2) is 10.1 Å². The molecule has 43 valence electrons. The van der Waals surface area contributed by atoms with Crippen LogP contribution in [0.4, 0.5) is 0 Å². The van der Waals surface area contributed by atoms with Crippen molar-refractivity contribution in [2.45, 2.75) is 0 Å². The second-order valence-electron chi connectivity index (χ2n) is 1.67. The third-order valence-corrected chi connectivity index (χ3v) is 1.09. The predicted octanol–water partition coefficient (Wildman–Crippen LogP) is 1.02. The number of nitrogens with zero attached hydrogens (tertiary/aromatic N) is 2. The normalized spacial score (nSPS) is 10.2. The average Bonchev–Trinajstić information content (AvgIpc) is 2.33. The van der Waals surface area contributed by atoms with Gasteiger partial charge in [-0.05, 0) is 0 Å². The third-order valence-electron chi connectivity index (χ3n) is 1.09. The Bertz CT molecular complexity index is 285. The molecule has 2 aromatic heterocycles. The first-order valence-corrected chi connectivity index (χ1v) is 2.54. The van der Waals surface area contributed by atoms with Crippen LogP contribution in [0, 0.1) is 6.20 Å². The molecular weight excluding hydrogens is 116 g/mol. The van der Waals surface area contributed by atoms with Crippen LogP contribution in [0.2, 0.25) is 0 Å². The Hall–Kier alpha value is -1.38. The second kappa shape index (κ2) is 1.55. The largest absolute Gasteiger partial charge is 0.355 e. The first-order chi connectivity index (χ1) is 4.47. The number of rotatable bonds is 0. The maximum atomic E-state index is 4.77. The van der Waals surface area contributed by atoms with Crippen molar-refractivity contribution in [2.24, 2.45) is 0 Å². The lowest BCUT2D eigenvalue weighted by Gasteiger charge is -1.78. The Balaban J connectivity index is 2.95. The number of aromatic nitrogens is 2. The zero-order valence-corrected chi connectivity index (χ0v) is 4.53. The van der Waals surface area contributed by atoms with Gasteiger partial charge in [-0.2, -0.15) is 0 Å². The van der Waals surface area contributed by atoms with Gasteiger partial charge in [0.25, 0.3) is 0 Å². The van der Waals surface area contributed by atoms with Gasteiger partial charge in [-0.3, -0.25) is 4.98 Å². The Kier molecular flexibility index (Phi) is 0.773. The van der Waals surface area contributed by atoms with Crippen molar-refractivity contribution in [3.8, 4) is 0 Å². The fourth-order valence-corrected chi connectivity index (χ4v) is 0.666. The lowest BCUT2D eigenvalue weighted by molar-refractivity contribution is 0.454. The topological polar surface area (TPSA) is 38.9 Å². The van der Waals surface area contributed by atoms with Gasteiger partial charge in [0, 0.05) is 18.5 Å². The van der Waals surface area contributed by atoms with Gasteiger partial charge in [0.2, 0.25) is 0 Å². The molecule has 3 heteroatoms. The number of pyridine rings is 1. The fraction of sp³-hybridized carbons (Fsp3) is 0. The van der Waals surface area contributed by atoms with E-state index in [1.54, 1.807) is 18.5 Å². The van der Waals surface area contributed by atoms with Gasteiger partial charge in [-0.1, -0.05) is 5.16 Å². The first kappa shape index (κ1) is 4.49. The average molecular weight is 119 g/mol. The molecular formula is C6H3N2O. The van der Waals surface area contributed by atoms with Crippen molar-refractivity contribution in [2.75, 3.05) is 0 Å². The van der Waals surface area contributed by atoms with Crippen molar-refractivity contribution in [3.63, 3.8) is 0 Å². The van der Waals surface area contributed by atoms with E-state index in [1.807, 2.05) is 0 Å². The molecule has 0 saturated carbocycles. The Morgan fingerprint density at radius 1 is 1.56 bits per heavy atom. The molecule has 0 bridgehead atoms. The van der Waals surface area contributed by atoms with Crippen molar-refractivity contribution in [3.05, 3.63) is 24.7 Å². The molecule has 0 aromatic carbocycles. The summed E-state index contributed by atoms with van der Waals surface area (Å²) in [4.78, 5) is 3.85. The zero-order chi connectivity index (χ0) is 6.10. The minimum atomic E-state index is 0.727. The minimum absolute atomic E-state index is 0.727. The van der Waals surface area contributed by atoms with Gasteiger partial charge >= 0.3 is 0 Å². The highest BCUT2D eigenvalue weighted by Crippen LogP contribution is 2.07. The van der Waals surface area contributed by atoms with Crippen molar-refractivity contribution in [1.29, 1.82) is 0 Å². The molecule has 0 aliphatic heterocycles. The second-order valence-corrected chi connectivity index (χ2v) is 1.67. The summed E-state index contributed by atoms with van der Waals surface area (Å²) in [5.41, 5.74) is 0.727. The molecule has 2 aromatic rings. The summed E-state index contributed by atoms with van der Waals surface area (Å²) in [7, 11) is 0. The highest BCUT2D eigenvalue weighted by atomic mass is 16.5. The molecule has 9 heavy (non-hydrogen) atoms. The van der Waals surface area contributed by atoms with Crippen molar-refractivity contribution < 1.29 is 4.52 Å². The molecule has 0 spiro atoms. The number of hydrogen-bond acceptors (Lipinski definition) is 3. The van der Waals surface area contributed by atoms with Gasteiger partial charge in [-0.15, -0.1) is 0 Å². The van der Waals surface area contributed by atoms with Crippen LogP contribution in [0.3, 0.4) is 0 Å². The van der Waals surface area contributed by atoms with E-state index in [0.717, 1.165) is 11.0 Å². The highest BCUT2D eigenvalue weighted by molar-refractivity contribution is 5.73. The maximum Gasteiger partial charge on any atom is 0.170 e. The quantitative estimate of drug-likeness (QED) is 0.519. The van der Waals surface area contributed by atoms with Crippen molar-refractivity contribution >= 4 is 11.0 Å². The lowest BCUT2D eigenvalue weighted by atomic mass is 10.4. The fourth-order valence-electron chi connectivity index (χ4n) is 0.666. The van der Waals surface area contributed by atoms with Crippen LogP contribution >= 0.6 is 0 Å². The molecule has 2 rings (SSSR count). The van der Waals surface area contributed by atoms with E-state index >= 15 is 0 Å². The molecule has 2 heterocycles. The molecule has 3 nitrogen and oxygen atoms in total. The molecule has 0 unspecified atom stereocenters. The van der Waals surface area contributed by atoms with E-state index in [0.29, 0.717) is 0 Å². The Morgan fingerprint density at radius 2 is 2.56 bits per heavy atom. The zero-order valence-electron chi connectivity index (χ0n) is 4.53. The molecule has 0 N–H and O–H groups in total. The van der Waals surface area contributed by atoms with Gasteiger partial charge in [0.05, 0.1) is 5.39 Å². The van der Waals surface area contributed by atoms with Gasteiger partial charge in [-0.25, -0.2) is 0 Å². The van der Waals surface area contributed by atoms with Crippen molar-refractivity contribution in [1.82, 2.24) is 10.1 Å². The molecule has 0 saturated heterocycles. The van der Waals surface area contributed by atoms with E-state index in [2.05, 4.69) is 16.3 Å². The first-order valence-electron chi connectivity index (χ1n) is 2.54. The molecule has 1 radical (unpaired) electrons. The summed E-state index contributed by atoms with van der Waals surface area (Å²) in [6.07, 6.45) is 5.95. The lowest BCUT2D eigenvalue weighted by Crippen LogP contribution is -1.65. The van der Waals surface area contributed by atoms with Crippen LogP contribution in [0.5, 0.6) is 0 Å². The summed E-state index contributed by atoms with van der Waals surface area (Å²) in [6.45, 7) is 0. The summed E-state index contributed by atoms with van der Waals surface area (Å²) >= 11 is 0. The van der Waals surface area contributed by atoms with Crippen LogP contribution < -0.4 is 0 Å². The monoisotopic (exact) mass is 119 g/mol. The smallest absolute Gasteiger partial charge is 0.170 e. The molecule has 0 aliphatic rings. The van der Waals surface area contributed by atoms with Crippen LogP contribution in [0.1, 0.15) is 0 Å². The van der Waals surface area contributed by atoms with Gasteiger partial charge in [0.15, 0.2) is 5.58 Å². The van der Waals surface area contributed by atoms with E-state index in [9.17, 15) is 0 Å². The van der Waals surface area contributed by atoms with E-state index in [4.69, 9.17) is 4.52 Å². The molecule has 0 amide bonds.